The number of nitrogens with one attached hydrogen (secondary N) is 1. The first-order valence-electron chi connectivity index (χ1n) is 9.40. The molecule has 0 spiro atoms. The Bertz CT molecular complexity index is 1010. The molecule has 0 fully saturated rings. The molecule has 1 aromatic heterocycles. The maximum absolute atomic E-state index is 5.31. The molecule has 1 aliphatic rings. The first-order valence-corrected chi connectivity index (χ1v) is 9.40. The van der Waals surface area contributed by atoms with Crippen LogP contribution in [0, 0.1) is 0 Å². The number of rotatable bonds is 6. The number of nitrogens with zero attached hydrogens (tertiary/aromatic N) is 2. The number of hydrogen-bond donors (Lipinski definition) is 1. The van der Waals surface area contributed by atoms with Crippen molar-refractivity contribution in [2.75, 3.05) is 14.2 Å². The van der Waals surface area contributed by atoms with E-state index in [-0.39, 0.29) is 0 Å². The SMILES string of the molecule is COc1ccc(C2=C(c3ccc(OC)cc3)NN(Cc3cccnc3)C=C2)cc1. The second-order valence-corrected chi connectivity index (χ2v) is 6.66. The standard InChI is InChI=1S/C24H23N3O2/c1-28-21-9-5-19(6-10-21)23-13-15-27(17-18-4-3-14-25-16-18)26-24(23)20-7-11-22(29-2)12-8-20/h3-16,26H,17H2,1-2H3. The van der Waals surface area contributed by atoms with Crippen molar-refractivity contribution in [1.82, 2.24) is 15.4 Å². The first kappa shape index (κ1) is 18.6. The Kier molecular flexibility index (Phi) is 5.47. The summed E-state index contributed by atoms with van der Waals surface area (Å²) in [6, 6.07) is 20.2. The Morgan fingerprint density at radius 3 is 2.10 bits per heavy atom. The monoisotopic (exact) mass is 385 g/mol. The van der Waals surface area contributed by atoms with Gasteiger partial charge < -0.3 is 9.47 Å². The lowest BCUT2D eigenvalue weighted by Gasteiger charge is -2.30. The number of hydrazine groups is 1. The van der Waals surface area contributed by atoms with E-state index in [0.29, 0.717) is 6.54 Å². The van der Waals surface area contributed by atoms with Crippen LogP contribution in [0.4, 0.5) is 0 Å². The molecule has 0 amide bonds. The largest absolute Gasteiger partial charge is 0.497 e. The second kappa shape index (κ2) is 8.52. The highest BCUT2D eigenvalue weighted by atomic mass is 16.5. The Morgan fingerprint density at radius 1 is 0.862 bits per heavy atom. The van der Waals surface area contributed by atoms with Gasteiger partial charge >= 0.3 is 0 Å². The predicted molar refractivity (Wildman–Crippen MR) is 115 cm³/mol. The summed E-state index contributed by atoms with van der Waals surface area (Å²) in [6.07, 6.45) is 7.85. The molecule has 5 nitrogen and oxygen atoms in total. The summed E-state index contributed by atoms with van der Waals surface area (Å²) >= 11 is 0. The summed E-state index contributed by atoms with van der Waals surface area (Å²) in [5.41, 5.74) is 9.03. The van der Waals surface area contributed by atoms with E-state index in [1.165, 1.54) is 0 Å². The first-order chi connectivity index (χ1) is 14.3. The van der Waals surface area contributed by atoms with Gasteiger partial charge in [-0.15, -0.1) is 0 Å². The van der Waals surface area contributed by atoms with Crippen LogP contribution in [0.5, 0.6) is 11.5 Å². The van der Waals surface area contributed by atoms with Crippen molar-refractivity contribution in [2.45, 2.75) is 6.54 Å². The van der Waals surface area contributed by atoms with E-state index in [1.807, 2.05) is 36.5 Å². The molecular weight excluding hydrogens is 362 g/mol. The fraction of sp³-hybridized carbons (Fsp3) is 0.125. The Balaban J connectivity index is 1.69. The molecule has 1 aliphatic heterocycles. The summed E-state index contributed by atoms with van der Waals surface area (Å²) < 4.78 is 10.6. The van der Waals surface area contributed by atoms with E-state index in [9.17, 15) is 0 Å². The minimum Gasteiger partial charge on any atom is -0.497 e. The molecule has 0 atom stereocenters. The Hall–Kier alpha value is -3.73. The van der Waals surface area contributed by atoms with Crippen molar-refractivity contribution in [3.8, 4) is 11.5 Å². The van der Waals surface area contributed by atoms with Crippen LogP contribution >= 0.6 is 0 Å². The average molecular weight is 385 g/mol. The summed E-state index contributed by atoms with van der Waals surface area (Å²) in [5, 5.41) is 2.06. The molecule has 1 N–H and O–H groups in total. The van der Waals surface area contributed by atoms with Crippen LogP contribution in [0.2, 0.25) is 0 Å². The Morgan fingerprint density at radius 2 is 1.52 bits per heavy atom. The number of pyridine rings is 1. The maximum atomic E-state index is 5.31. The molecule has 0 radical (unpaired) electrons. The van der Waals surface area contributed by atoms with Gasteiger partial charge in [-0.3, -0.25) is 15.4 Å². The highest BCUT2D eigenvalue weighted by Crippen LogP contribution is 2.31. The van der Waals surface area contributed by atoms with E-state index in [0.717, 1.165) is 39.5 Å². The highest BCUT2D eigenvalue weighted by molar-refractivity contribution is 5.95. The van der Waals surface area contributed by atoms with E-state index >= 15 is 0 Å². The Labute approximate surface area is 170 Å². The molecule has 0 aliphatic carbocycles. The third kappa shape index (κ3) is 4.24. The van der Waals surface area contributed by atoms with Gasteiger partial charge in [0, 0.05) is 29.7 Å². The van der Waals surface area contributed by atoms with Crippen molar-refractivity contribution in [1.29, 1.82) is 0 Å². The van der Waals surface area contributed by atoms with Crippen LogP contribution in [0.15, 0.2) is 85.3 Å². The lowest BCUT2D eigenvalue weighted by Crippen LogP contribution is -2.34. The quantitative estimate of drug-likeness (QED) is 0.677. The summed E-state index contributed by atoms with van der Waals surface area (Å²) in [6.45, 7) is 0.708. The van der Waals surface area contributed by atoms with E-state index in [2.05, 4.69) is 58.0 Å². The molecule has 2 aromatic carbocycles. The van der Waals surface area contributed by atoms with Crippen LogP contribution in [0.25, 0.3) is 11.3 Å². The predicted octanol–water partition coefficient (Wildman–Crippen LogP) is 4.50. The van der Waals surface area contributed by atoms with Gasteiger partial charge in [-0.2, -0.15) is 0 Å². The zero-order valence-corrected chi connectivity index (χ0v) is 16.5. The molecule has 4 rings (SSSR count). The van der Waals surface area contributed by atoms with Gasteiger partial charge in [-0.1, -0.05) is 18.2 Å². The van der Waals surface area contributed by atoms with Crippen LogP contribution in [-0.2, 0) is 6.54 Å². The molecule has 146 valence electrons. The van der Waals surface area contributed by atoms with Crippen LogP contribution in [0.3, 0.4) is 0 Å². The van der Waals surface area contributed by atoms with Crippen molar-refractivity contribution in [3.05, 3.63) is 102 Å². The fourth-order valence-electron chi connectivity index (χ4n) is 3.26. The normalized spacial score (nSPS) is 13.2. The summed E-state index contributed by atoms with van der Waals surface area (Å²) in [5.74, 6) is 1.67. The third-order valence-electron chi connectivity index (χ3n) is 4.80. The molecule has 0 unspecified atom stereocenters. The van der Waals surface area contributed by atoms with Crippen LogP contribution < -0.4 is 14.9 Å². The average Bonchev–Trinajstić information content (AvgIpc) is 2.80. The number of benzene rings is 2. The van der Waals surface area contributed by atoms with Crippen LogP contribution in [-0.4, -0.2) is 24.2 Å². The maximum Gasteiger partial charge on any atom is 0.118 e. The minimum atomic E-state index is 0.708. The molecule has 0 bridgehead atoms. The number of methoxy groups -OCH3 is 2. The van der Waals surface area contributed by atoms with Gasteiger partial charge in [0.1, 0.15) is 11.5 Å². The lowest BCUT2D eigenvalue weighted by molar-refractivity contribution is 0.314. The van der Waals surface area contributed by atoms with Gasteiger partial charge in [0.2, 0.25) is 0 Å². The molecule has 3 aromatic rings. The minimum absolute atomic E-state index is 0.708. The van der Waals surface area contributed by atoms with Gasteiger partial charge in [0.15, 0.2) is 0 Å². The van der Waals surface area contributed by atoms with Crippen molar-refractivity contribution in [3.63, 3.8) is 0 Å². The topological polar surface area (TPSA) is 46.6 Å². The van der Waals surface area contributed by atoms with E-state index < -0.39 is 0 Å². The third-order valence-corrected chi connectivity index (χ3v) is 4.80. The second-order valence-electron chi connectivity index (χ2n) is 6.66. The number of allylic oxidation sites excluding steroid dienone is 2. The molecule has 29 heavy (non-hydrogen) atoms. The van der Waals surface area contributed by atoms with Crippen molar-refractivity contribution >= 4 is 11.3 Å². The van der Waals surface area contributed by atoms with Crippen molar-refractivity contribution < 1.29 is 9.47 Å². The zero-order valence-electron chi connectivity index (χ0n) is 16.5. The van der Waals surface area contributed by atoms with Gasteiger partial charge in [0.25, 0.3) is 0 Å². The zero-order chi connectivity index (χ0) is 20.1. The van der Waals surface area contributed by atoms with E-state index in [4.69, 9.17) is 9.47 Å². The number of ether oxygens (including phenoxy) is 2. The molecule has 0 saturated carbocycles. The fourth-order valence-corrected chi connectivity index (χ4v) is 3.26. The highest BCUT2D eigenvalue weighted by Gasteiger charge is 2.17. The van der Waals surface area contributed by atoms with Gasteiger partial charge in [-0.05, 0) is 59.7 Å². The molecule has 2 heterocycles. The molecular formula is C24H23N3O2. The van der Waals surface area contributed by atoms with Gasteiger partial charge in [0.05, 0.1) is 26.5 Å². The number of aromatic nitrogens is 1. The smallest absolute Gasteiger partial charge is 0.118 e. The van der Waals surface area contributed by atoms with Crippen LogP contribution in [0.1, 0.15) is 16.7 Å². The summed E-state index contributed by atoms with van der Waals surface area (Å²) in [4.78, 5) is 4.21. The lowest BCUT2D eigenvalue weighted by atomic mass is 9.98. The summed E-state index contributed by atoms with van der Waals surface area (Å²) in [7, 11) is 3.35. The van der Waals surface area contributed by atoms with Gasteiger partial charge in [-0.25, -0.2) is 0 Å². The molecule has 0 saturated heterocycles. The number of hydrogen-bond acceptors (Lipinski definition) is 5. The van der Waals surface area contributed by atoms with Crippen molar-refractivity contribution in [2.24, 2.45) is 0 Å². The molecule has 5 heteroatoms. The van der Waals surface area contributed by atoms with E-state index in [1.54, 1.807) is 20.4 Å².